The van der Waals surface area contributed by atoms with Crippen LogP contribution in [-0.4, -0.2) is 19.8 Å². The lowest BCUT2D eigenvalue weighted by Gasteiger charge is -1.98. The molecule has 0 N–H and O–H groups in total. The molecule has 0 fully saturated rings. The van der Waals surface area contributed by atoms with Crippen molar-refractivity contribution in [1.82, 2.24) is 19.8 Å². The van der Waals surface area contributed by atoms with Crippen molar-refractivity contribution in [2.24, 2.45) is 0 Å². The lowest BCUT2D eigenvalue weighted by atomic mass is 10.2. The van der Waals surface area contributed by atoms with Gasteiger partial charge in [0.25, 0.3) is 0 Å². The Kier molecular flexibility index (Phi) is 2.97. The number of fused-ring (bicyclic) bond motifs is 1. The Bertz CT molecular complexity index is 699. The first kappa shape index (κ1) is 11.9. The number of hydrogen-bond donors (Lipinski definition) is 0. The summed E-state index contributed by atoms with van der Waals surface area (Å²) in [6.45, 7) is 2.02. The molecular weight excluding hydrogens is 291 g/mol. The first-order chi connectivity index (χ1) is 8.67. The van der Waals surface area contributed by atoms with Crippen molar-refractivity contribution in [3.63, 3.8) is 0 Å². The Morgan fingerprint density at radius 2 is 1.89 bits per heavy atom. The maximum Gasteiger partial charge on any atom is 0.234 e. The molecule has 1 aromatic carbocycles. The van der Waals surface area contributed by atoms with Gasteiger partial charge in [-0.1, -0.05) is 41.5 Å². The van der Waals surface area contributed by atoms with Crippen molar-refractivity contribution < 1.29 is 0 Å². The number of halogens is 2. The second-order valence-electron chi connectivity index (χ2n) is 3.73. The van der Waals surface area contributed by atoms with Crippen LogP contribution >= 0.6 is 34.5 Å². The van der Waals surface area contributed by atoms with Crippen LogP contribution in [0.3, 0.4) is 0 Å². The summed E-state index contributed by atoms with van der Waals surface area (Å²) in [6, 6.07) is 5.37. The highest BCUT2D eigenvalue weighted by atomic mass is 35.5. The van der Waals surface area contributed by atoms with Crippen LogP contribution < -0.4 is 0 Å². The molecule has 0 unspecified atom stereocenters. The SMILES string of the molecule is CCc1nnc2sc(-c3cc(Cl)cc(Cl)c3)nn12. The van der Waals surface area contributed by atoms with E-state index < -0.39 is 0 Å². The fourth-order valence-electron chi connectivity index (χ4n) is 1.67. The quantitative estimate of drug-likeness (QED) is 0.724. The third-order valence-electron chi connectivity index (χ3n) is 2.48. The number of hydrogen-bond acceptors (Lipinski definition) is 4. The summed E-state index contributed by atoms with van der Waals surface area (Å²) < 4.78 is 1.76. The van der Waals surface area contributed by atoms with Gasteiger partial charge in [-0.25, -0.2) is 0 Å². The zero-order valence-electron chi connectivity index (χ0n) is 9.39. The maximum atomic E-state index is 5.99. The molecule has 3 rings (SSSR count). The molecule has 2 heterocycles. The Morgan fingerprint density at radius 3 is 2.56 bits per heavy atom. The van der Waals surface area contributed by atoms with Crippen LogP contribution in [0.5, 0.6) is 0 Å². The van der Waals surface area contributed by atoms with Crippen molar-refractivity contribution in [1.29, 1.82) is 0 Å². The van der Waals surface area contributed by atoms with Gasteiger partial charge in [-0.3, -0.25) is 0 Å². The van der Waals surface area contributed by atoms with E-state index in [1.807, 2.05) is 19.1 Å². The Balaban J connectivity index is 2.16. The summed E-state index contributed by atoms with van der Waals surface area (Å²) in [6.07, 6.45) is 0.792. The summed E-state index contributed by atoms with van der Waals surface area (Å²) in [7, 11) is 0. The van der Waals surface area contributed by atoms with E-state index in [2.05, 4.69) is 15.3 Å². The summed E-state index contributed by atoms with van der Waals surface area (Å²) in [4.78, 5) is 0.776. The molecule has 2 aromatic heterocycles. The summed E-state index contributed by atoms with van der Waals surface area (Å²) >= 11 is 13.4. The molecule has 92 valence electrons. The molecule has 0 radical (unpaired) electrons. The topological polar surface area (TPSA) is 43.1 Å². The molecule has 18 heavy (non-hydrogen) atoms. The van der Waals surface area contributed by atoms with E-state index in [1.165, 1.54) is 11.3 Å². The fourth-order valence-corrected chi connectivity index (χ4v) is 3.04. The fraction of sp³-hybridized carbons (Fsp3) is 0.182. The minimum atomic E-state index is 0.596. The molecule has 4 nitrogen and oxygen atoms in total. The van der Waals surface area contributed by atoms with Crippen LogP contribution in [-0.2, 0) is 6.42 Å². The van der Waals surface area contributed by atoms with Gasteiger partial charge in [0.2, 0.25) is 4.96 Å². The monoisotopic (exact) mass is 298 g/mol. The van der Waals surface area contributed by atoms with Crippen molar-refractivity contribution in [2.45, 2.75) is 13.3 Å². The number of aryl methyl sites for hydroxylation is 1. The zero-order chi connectivity index (χ0) is 12.7. The first-order valence-electron chi connectivity index (χ1n) is 5.35. The van der Waals surface area contributed by atoms with Gasteiger partial charge in [0, 0.05) is 22.0 Å². The minimum Gasteiger partial charge on any atom is -0.187 e. The highest BCUT2D eigenvalue weighted by molar-refractivity contribution is 7.19. The van der Waals surface area contributed by atoms with Gasteiger partial charge in [0.05, 0.1) is 0 Å². The number of nitrogens with zero attached hydrogens (tertiary/aromatic N) is 4. The normalized spacial score (nSPS) is 11.3. The van der Waals surface area contributed by atoms with E-state index in [4.69, 9.17) is 23.2 Å². The second-order valence-corrected chi connectivity index (χ2v) is 5.56. The molecule has 3 aromatic rings. The van der Waals surface area contributed by atoms with Crippen LogP contribution in [0, 0.1) is 0 Å². The smallest absolute Gasteiger partial charge is 0.187 e. The Morgan fingerprint density at radius 1 is 1.17 bits per heavy atom. The van der Waals surface area contributed by atoms with Crippen molar-refractivity contribution in [2.75, 3.05) is 0 Å². The van der Waals surface area contributed by atoms with E-state index in [9.17, 15) is 0 Å². The average Bonchev–Trinajstić information content (AvgIpc) is 2.86. The second kappa shape index (κ2) is 4.50. The number of rotatable bonds is 2. The van der Waals surface area contributed by atoms with E-state index in [-0.39, 0.29) is 0 Å². The van der Waals surface area contributed by atoms with Gasteiger partial charge >= 0.3 is 0 Å². The lowest BCUT2D eigenvalue weighted by molar-refractivity contribution is 0.838. The Hall–Kier alpha value is -1.17. The van der Waals surface area contributed by atoms with Crippen LogP contribution in [0.25, 0.3) is 15.5 Å². The minimum absolute atomic E-state index is 0.596. The molecule has 0 atom stereocenters. The van der Waals surface area contributed by atoms with Crippen LogP contribution in [0.2, 0.25) is 10.0 Å². The van der Waals surface area contributed by atoms with E-state index in [1.54, 1.807) is 10.6 Å². The molecule has 0 aliphatic carbocycles. The lowest BCUT2D eigenvalue weighted by Crippen LogP contribution is -1.93. The van der Waals surface area contributed by atoms with Crippen molar-refractivity contribution in [3.05, 3.63) is 34.1 Å². The average molecular weight is 299 g/mol. The molecule has 0 bridgehead atoms. The largest absolute Gasteiger partial charge is 0.234 e. The van der Waals surface area contributed by atoms with E-state index in [0.29, 0.717) is 10.0 Å². The van der Waals surface area contributed by atoms with Crippen LogP contribution in [0.4, 0.5) is 0 Å². The third-order valence-corrected chi connectivity index (χ3v) is 3.87. The van der Waals surface area contributed by atoms with Gasteiger partial charge in [0.15, 0.2) is 5.82 Å². The van der Waals surface area contributed by atoms with Crippen molar-refractivity contribution in [3.8, 4) is 10.6 Å². The predicted molar refractivity (Wildman–Crippen MR) is 73.5 cm³/mol. The van der Waals surface area contributed by atoms with E-state index >= 15 is 0 Å². The number of aromatic nitrogens is 4. The maximum absolute atomic E-state index is 5.99. The third kappa shape index (κ3) is 1.98. The van der Waals surface area contributed by atoms with Gasteiger partial charge in [-0.05, 0) is 18.2 Å². The van der Waals surface area contributed by atoms with E-state index in [0.717, 1.165) is 27.8 Å². The molecule has 0 spiro atoms. The highest BCUT2D eigenvalue weighted by Crippen LogP contribution is 2.30. The van der Waals surface area contributed by atoms with Gasteiger partial charge < -0.3 is 0 Å². The summed E-state index contributed by atoms with van der Waals surface area (Å²) in [5, 5.41) is 14.7. The summed E-state index contributed by atoms with van der Waals surface area (Å²) in [5.41, 5.74) is 0.894. The summed E-state index contributed by atoms with van der Waals surface area (Å²) in [5.74, 6) is 0.848. The van der Waals surface area contributed by atoms with Gasteiger partial charge in [-0.2, -0.15) is 9.61 Å². The Labute approximate surface area is 117 Å². The molecule has 0 aliphatic rings. The van der Waals surface area contributed by atoms with Crippen molar-refractivity contribution >= 4 is 39.5 Å². The molecule has 0 amide bonds. The van der Waals surface area contributed by atoms with Gasteiger partial charge in [0.1, 0.15) is 5.01 Å². The standard InChI is InChI=1S/C11H8Cl2N4S/c1-2-9-14-15-11-17(9)16-10(18-11)6-3-7(12)5-8(13)4-6/h3-5H,2H2,1H3. The first-order valence-corrected chi connectivity index (χ1v) is 6.92. The predicted octanol–water partition coefficient (Wildman–Crippen LogP) is 3.72. The highest BCUT2D eigenvalue weighted by Gasteiger charge is 2.12. The van der Waals surface area contributed by atoms with Crippen LogP contribution in [0.1, 0.15) is 12.7 Å². The van der Waals surface area contributed by atoms with Gasteiger partial charge in [-0.15, -0.1) is 10.2 Å². The molecule has 0 saturated carbocycles. The molecule has 7 heteroatoms. The zero-order valence-corrected chi connectivity index (χ0v) is 11.7. The molecule has 0 saturated heterocycles. The molecule has 0 aliphatic heterocycles. The number of benzene rings is 1. The van der Waals surface area contributed by atoms with Crippen LogP contribution in [0.15, 0.2) is 18.2 Å². The molecular formula is C11H8Cl2N4S.